The van der Waals surface area contributed by atoms with Gasteiger partial charge in [-0.1, -0.05) is 29.4 Å². The van der Waals surface area contributed by atoms with E-state index in [1.54, 1.807) is 12.3 Å². The van der Waals surface area contributed by atoms with Gasteiger partial charge < -0.3 is 10.5 Å². The van der Waals surface area contributed by atoms with E-state index < -0.39 is 0 Å². The first-order valence-corrected chi connectivity index (χ1v) is 6.71. The minimum atomic E-state index is 0.595. The minimum absolute atomic E-state index is 0.595. The van der Waals surface area contributed by atoms with E-state index in [0.717, 1.165) is 9.92 Å². The molecule has 0 amide bonds. The molecule has 0 fully saturated rings. The number of nitrogen functional groups attached to an aromatic ring is 1. The van der Waals surface area contributed by atoms with Crippen molar-refractivity contribution >= 4 is 29.1 Å². The zero-order valence-corrected chi connectivity index (χ0v) is 11.5. The first-order chi connectivity index (χ1) is 8.70. The van der Waals surface area contributed by atoms with Crippen LogP contribution >= 0.6 is 23.4 Å². The van der Waals surface area contributed by atoms with E-state index in [2.05, 4.69) is 4.98 Å². The number of anilines is 1. The molecule has 0 atom stereocenters. The van der Waals surface area contributed by atoms with Gasteiger partial charge in [0.15, 0.2) is 0 Å². The summed E-state index contributed by atoms with van der Waals surface area (Å²) in [6.07, 6.45) is 1.62. The monoisotopic (exact) mass is 280 g/mol. The Morgan fingerprint density at radius 3 is 2.83 bits per heavy atom. The van der Waals surface area contributed by atoms with Crippen LogP contribution in [0.2, 0.25) is 5.02 Å². The Balaban J connectivity index is 2.23. The summed E-state index contributed by atoms with van der Waals surface area (Å²) >= 11 is 7.28. The largest absolute Gasteiger partial charge is 0.492 e. The van der Waals surface area contributed by atoms with E-state index in [4.69, 9.17) is 22.1 Å². The Bertz CT molecular complexity index is 531. The molecule has 3 nitrogen and oxygen atoms in total. The van der Waals surface area contributed by atoms with Crippen LogP contribution in [0.5, 0.6) is 5.75 Å². The zero-order chi connectivity index (χ0) is 13.0. The summed E-state index contributed by atoms with van der Waals surface area (Å²) in [4.78, 5) is 5.15. The third kappa shape index (κ3) is 3.09. The lowest BCUT2D eigenvalue weighted by molar-refractivity contribution is 0.341. The van der Waals surface area contributed by atoms with E-state index >= 15 is 0 Å². The summed E-state index contributed by atoms with van der Waals surface area (Å²) in [5.41, 5.74) is 6.69. The van der Waals surface area contributed by atoms with E-state index in [-0.39, 0.29) is 0 Å². The second kappa shape index (κ2) is 5.98. The molecule has 1 heterocycles. The third-order valence-electron chi connectivity index (χ3n) is 2.24. The molecule has 0 aliphatic heterocycles. The number of nitrogens with zero attached hydrogens (tertiary/aromatic N) is 1. The summed E-state index contributed by atoms with van der Waals surface area (Å²) in [5, 5.41) is 1.47. The van der Waals surface area contributed by atoms with Crippen LogP contribution in [0.4, 0.5) is 5.69 Å². The van der Waals surface area contributed by atoms with E-state index in [1.165, 1.54) is 11.8 Å². The Morgan fingerprint density at radius 2 is 2.17 bits per heavy atom. The van der Waals surface area contributed by atoms with Gasteiger partial charge in [-0.05, 0) is 31.2 Å². The van der Waals surface area contributed by atoms with Crippen LogP contribution in [-0.2, 0) is 0 Å². The van der Waals surface area contributed by atoms with Crippen molar-refractivity contribution in [3.63, 3.8) is 0 Å². The SMILES string of the molecule is CCOc1cccc(Sc2ccc(Cl)cn2)c1N. The Hall–Kier alpha value is -1.39. The van der Waals surface area contributed by atoms with Crippen molar-refractivity contribution in [1.82, 2.24) is 4.98 Å². The predicted molar refractivity (Wildman–Crippen MR) is 75.4 cm³/mol. The highest BCUT2D eigenvalue weighted by Gasteiger charge is 2.07. The highest BCUT2D eigenvalue weighted by Crippen LogP contribution is 2.36. The van der Waals surface area contributed by atoms with Gasteiger partial charge in [0.2, 0.25) is 0 Å². The molecule has 2 aromatic rings. The van der Waals surface area contributed by atoms with Crippen LogP contribution in [0.3, 0.4) is 0 Å². The molecule has 0 aliphatic carbocycles. The highest BCUT2D eigenvalue weighted by atomic mass is 35.5. The molecule has 18 heavy (non-hydrogen) atoms. The Morgan fingerprint density at radius 1 is 1.33 bits per heavy atom. The summed E-state index contributed by atoms with van der Waals surface area (Å²) in [7, 11) is 0. The van der Waals surface area contributed by atoms with Crippen LogP contribution in [0, 0.1) is 0 Å². The fraction of sp³-hybridized carbons (Fsp3) is 0.154. The van der Waals surface area contributed by atoms with Crippen molar-refractivity contribution in [2.24, 2.45) is 0 Å². The van der Waals surface area contributed by atoms with E-state index in [9.17, 15) is 0 Å². The van der Waals surface area contributed by atoms with Gasteiger partial charge in [-0.25, -0.2) is 4.98 Å². The maximum Gasteiger partial charge on any atom is 0.143 e. The Kier molecular flexibility index (Phi) is 4.33. The van der Waals surface area contributed by atoms with Gasteiger partial charge in [-0.15, -0.1) is 0 Å². The van der Waals surface area contributed by atoms with Gasteiger partial charge in [-0.2, -0.15) is 0 Å². The zero-order valence-electron chi connectivity index (χ0n) is 9.89. The second-order valence-corrected chi connectivity index (χ2v) is 5.02. The lowest BCUT2D eigenvalue weighted by Gasteiger charge is -2.10. The third-order valence-corrected chi connectivity index (χ3v) is 3.49. The predicted octanol–water partition coefficient (Wildman–Crippen LogP) is 3.87. The van der Waals surface area contributed by atoms with Gasteiger partial charge >= 0.3 is 0 Å². The molecular weight excluding hydrogens is 268 g/mol. The number of pyridine rings is 1. The van der Waals surface area contributed by atoms with Crippen molar-refractivity contribution in [1.29, 1.82) is 0 Å². The fourth-order valence-corrected chi connectivity index (χ4v) is 2.37. The molecule has 0 spiro atoms. The van der Waals surface area contributed by atoms with Crippen LogP contribution in [-0.4, -0.2) is 11.6 Å². The molecule has 0 bridgehead atoms. The molecular formula is C13H13ClN2OS. The van der Waals surface area contributed by atoms with Gasteiger partial charge in [0, 0.05) is 11.1 Å². The van der Waals surface area contributed by atoms with Crippen LogP contribution < -0.4 is 10.5 Å². The topological polar surface area (TPSA) is 48.1 Å². The van der Waals surface area contributed by atoms with Crippen molar-refractivity contribution < 1.29 is 4.74 Å². The van der Waals surface area contributed by atoms with Crippen LogP contribution in [0.25, 0.3) is 0 Å². The molecule has 0 unspecified atom stereocenters. The van der Waals surface area contributed by atoms with Gasteiger partial charge in [0.25, 0.3) is 0 Å². The maximum absolute atomic E-state index is 6.05. The molecule has 0 saturated carbocycles. The van der Waals surface area contributed by atoms with Crippen molar-refractivity contribution in [2.45, 2.75) is 16.8 Å². The quantitative estimate of drug-likeness (QED) is 0.864. The first-order valence-electron chi connectivity index (χ1n) is 5.51. The number of rotatable bonds is 4. The number of hydrogen-bond donors (Lipinski definition) is 1. The lowest BCUT2D eigenvalue weighted by Crippen LogP contribution is -1.98. The van der Waals surface area contributed by atoms with Gasteiger partial charge in [-0.3, -0.25) is 0 Å². The lowest BCUT2D eigenvalue weighted by atomic mass is 10.3. The average Bonchev–Trinajstić information content (AvgIpc) is 2.37. The van der Waals surface area contributed by atoms with Crippen molar-refractivity contribution in [3.05, 3.63) is 41.6 Å². The molecule has 2 rings (SSSR count). The smallest absolute Gasteiger partial charge is 0.143 e. The minimum Gasteiger partial charge on any atom is -0.492 e. The number of hydrogen-bond acceptors (Lipinski definition) is 4. The molecule has 0 radical (unpaired) electrons. The number of ether oxygens (including phenoxy) is 1. The average molecular weight is 281 g/mol. The highest BCUT2D eigenvalue weighted by molar-refractivity contribution is 7.99. The fourth-order valence-electron chi connectivity index (χ4n) is 1.43. The van der Waals surface area contributed by atoms with E-state index in [0.29, 0.717) is 23.1 Å². The normalized spacial score (nSPS) is 10.3. The number of benzene rings is 1. The Labute approximate surface area is 115 Å². The van der Waals surface area contributed by atoms with Gasteiger partial charge in [0.1, 0.15) is 10.8 Å². The van der Waals surface area contributed by atoms with Crippen LogP contribution in [0.1, 0.15) is 6.92 Å². The van der Waals surface area contributed by atoms with E-state index in [1.807, 2.05) is 31.2 Å². The second-order valence-electron chi connectivity index (χ2n) is 3.52. The number of halogens is 1. The summed E-state index contributed by atoms with van der Waals surface area (Å²) in [6.45, 7) is 2.53. The first kappa shape index (κ1) is 13.1. The molecule has 5 heteroatoms. The summed E-state index contributed by atoms with van der Waals surface area (Å²) in [6, 6.07) is 9.38. The van der Waals surface area contributed by atoms with Crippen molar-refractivity contribution in [2.75, 3.05) is 12.3 Å². The molecule has 2 N–H and O–H groups in total. The molecule has 1 aromatic heterocycles. The molecule has 94 valence electrons. The summed E-state index contributed by atoms with van der Waals surface area (Å²) in [5.74, 6) is 0.705. The maximum atomic E-state index is 6.05. The molecule has 1 aromatic carbocycles. The standard InChI is InChI=1S/C13H13ClN2OS/c1-2-17-10-4-3-5-11(13(10)15)18-12-7-6-9(14)8-16-12/h3-8H,2,15H2,1H3. The van der Waals surface area contributed by atoms with Gasteiger partial charge in [0.05, 0.1) is 17.3 Å². The number of para-hydroxylation sites is 1. The number of aromatic nitrogens is 1. The van der Waals surface area contributed by atoms with Crippen LogP contribution in [0.15, 0.2) is 46.5 Å². The summed E-state index contributed by atoms with van der Waals surface area (Å²) < 4.78 is 5.45. The number of nitrogens with two attached hydrogens (primary N) is 1. The molecule has 0 saturated heterocycles. The molecule has 0 aliphatic rings. The van der Waals surface area contributed by atoms with Crippen molar-refractivity contribution in [3.8, 4) is 5.75 Å².